The summed E-state index contributed by atoms with van der Waals surface area (Å²) >= 11 is 0. The van der Waals surface area contributed by atoms with E-state index in [0.717, 1.165) is 19.1 Å². The number of aliphatic hydroxyl groups is 1. The first-order valence-electron chi connectivity index (χ1n) is 6.25. The van der Waals surface area contributed by atoms with Crippen LogP contribution in [0.3, 0.4) is 0 Å². The van der Waals surface area contributed by atoms with Gasteiger partial charge in [-0.25, -0.2) is 0 Å². The first-order chi connectivity index (χ1) is 7.39. The van der Waals surface area contributed by atoms with Gasteiger partial charge < -0.3 is 5.11 Å². The molecule has 1 saturated carbocycles. The minimum absolute atomic E-state index is 0.108. The zero-order chi connectivity index (χ0) is 12.0. The Labute approximate surface area is 97.7 Å². The molecule has 0 radical (unpaired) electrons. The van der Waals surface area contributed by atoms with E-state index in [4.69, 9.17) is 0 Å². The molecule has 0 aromatic carbocycles. The molecule has 0 aromatic heterocycles. The summed E-state index contributed by atoms with van der Waals surface area (Å²) < 4.78 is 0. The van der Waals surface area contributed by atoms with Gasteiger partial charge >= 0.3 is 0 Å². The van der Waals surface area contributed by atoms with Gasteiger partial charge in [-0.1, -0.05) is 33.3 Å². The monoisotopic (exact) mass is 222 g/mol. The van der Waals surface area contributed by atoms with Gasteiger partial charge in [-0.05, 0) is 36.0 Å². The average Bonchev–Trinajstić information content (AvgIpc) is 2.19. The number of hydrogen-bond donors (Lipinski definition) is 1. The molecule has 0 spiro atoms. The summed E-state index contributed by atoms with van der Waals surface area (Å²) in [7, 11) is 0. The molecule has 90 valence electrons. The summed E-state index contributed by atoms with van der Waals surface area (Å²) in [6.45, 7) is 6.83. The number of carbonyl (C=O) groups is 1. The third-order valence-electron chi connectivity index (χ3n) is 4.75. The molecule has 3 atom stereocenters. The molecule has 16 heavy (non-hydrogen) atoms. The number of rotatable bonds is 1. The van der Waals surface area contributed by atoms with Gasteiger partial charge in [0.25, 0.3) is 0 Å². The molecule has 0 saturated heterocycles. The van der Waals surface area contributed by atoms with Crippen molar-refractivity contribution in [3.63, 3.8) is 0 Å². The van der Waals surface area contributed by atoms with Crippen LogP contribution < -0.4 is 0 Å². The van der Waals surface area contributed by atoms with E-state index >= 15 is 0 Å². The maximum absolute atomic E-state index is 10.9. The number of hydrogen-bond acceptors (Lipinski definition) is 2. The summed E-state index contributed by atoms with van der Waals surface area (Å²) in [6, 6.07) is 0. The second kappa shape index (κ2) is 3.69. The first-order valence-corrected chi connectivity index (χ1v) is 6.25. The van der Waals surface area contributed by atoms with Crippen molar-refractivity contribution in [1.29, 1.82) is 0 Å². The standard InChI is InChI=1S/C14H22O2/c1-13(2)5-4-6-14(3)8-10(9-15)11(16)7-12(13)14/h8-9,11-12,16H,4-7H2,1-3H3/t11-,12+,14+/m1/s1. The van der Waals surface area contributed by atoms with E-state index in [2.05, 4.69) is 20.8 Å². The molecular formula is C14H22O2. The highest BCUT2D eigenvalue weighted by Gasteiger charge is 2.48. The second-order valence-corrected chi connectivity index (χ2v) is 6.41. The van der Waals surface area contributed by atoms with Crippen LogP contribution >= 0.6 is 0 Å². The molecule has 2 rings (SSSR count). The molecule has 0 aromatic rings. The smallest absolute Gasteiger partial charge is 0.148 e. The summed E-state index contributed by atoms with van der Waals surface area (Å²) in [5.41, 5.74) is 0.979. The van der Waals surface area contributed by atoms with Gasteiger partial charge in [0.1, 0.15) is 6.29 Å². The largest absolute Gasteiger partial charge is 0.388 e. The Hall–Kier alpha value is -0.630. The van der Waals surface area contributed by atoms with E-state index in [1.165, 1.54) is 12.8 Å². The highest BCUT2D eigenvalue weighted by Crippen LogP contribution is 2.56. The minimum Gasteiger partial charge on any atom is -0.388 e. The second-order valence-electron chi connectivity index (χ2n) is 6.41. The third kappa shape index (κ3) is 1.73. The van der Waals surface area contributed by atoms with Gasteiger partial charge in [0, 0.05) is 5.57 Å². The Kier molecular flexibility index (Phi) is 2.73. The van der Waals surface area contributed by atoms with E-state index in [1.54, 1.807) is 0 Å². The fourth-order valence-corrected chi connectivity index (χ4v) is 3.88. The van der Waals surface area contributed by atoms with Crippen LogP contribution in [0.5, 0.6) is 0 Å². The van der Waals surface area contributed by atoms with E-state index < -0.39 is 6.10 Å². The third-order valence-corrected chi connectivity index (χ3v) is 4.75. The molecule has 0 unspecified atom stereocenters. The van der Waals surface area contributed by atoms with Gasteiger partial charge in [0.2, 0.25) is 0 Å². The summed E-state index contributed by atoms with van der Waals surface area (Å²) in [6.07, 6.45) is 6.66. The highest BCUT2D eigenvalue weighted by molar-refractivity contribution is 5.75. The fraction of sp³-hybridized carbons (Fsp3) is 0.786. The molecule has 2 nitrogen and oxygen atoms in total. The molecule has 0 aliphatic heterocycles. The molecule has 2 aliphatic carbocycles. The maximum Gasteiger partial charge on any atom is 0.148 e. The zero-order valence-corrected chi connectivity index (χ0v) is 10.5. The van der Waals surface area contributed by atoms with Gasteiger partial charge in [-0.2, -0.15) is 0 Å². The summed E-state index contributed by atoms with van der Waals surface area (Å²) in [5, 5.41) is 9.95. The Bertz CT molecular complexity index is 330. The minimum atomic E-state index is -0.548. The molecule has 0 bridgehead atoms. The zero-order valence-electron chi connectivity index (χ0n) is 10.5. The number of fused-ring (bicyclic) bond motifs is 1. The van der Waals surface area contributed by atoms with Crippen molar-refractivity contribution in [3.8, 4) is 0 Å². The molecule has 2 heteroatoms. The highest BCUT2D eigenvalue weighted by atomic mass is 16.3. The molecule has 1 N–H and O–H groups in total. The van der Waals surface area contributed by atoms with Crippen LogP contribution in [-0.4, -0.2) is 17.5 Å². The van der Waals surface area contributed by atoms with E-state index in [-0.39, 0.29) is 10.8 Å². The van der Waals surface area contributed by atoms with Gasteiger partial charge in [-0.3, -0.25) is 4.79 Å². The molecule has 2 aliphatic rings. The lowest BCUT2D eigenvalue weighted by Gasteiger charge is -2.52. The fourth-order valence-electron chi connectivity index (χ4n) is 3.88. The predicted octanol–water partition coefficient (Wildman–Crippen LogP) is 2.71. The van der Waals surface area contributed by atoms with E-state index in [0.29, 0.717) is 11.5 Å². The number of aliphatic hydroxyl groups excluding tert-OH is 1. The van der Waals surface area contributed by atoms with Gasteiger partial charge in [0.15, 0.2) is 0 Å². The number of aldehydes is 1. The normalized spacial score (nSPS) is 42.1. The number of carbonyl (C=O) groups excluding carboxylic acids is 1. The molecule has 0 heterocycles. The molecule has 1 fully saturated rings. The van der Waals surface area contributed by atoms with Crippen LogP contribution in [0, 0.1) is 16.7 Å². The lowest BCUT2D eigenvalue weighted by molar-refractivity contribution is -0.106. The quantitative estimate of drug-likeness (QED) is 0.693. The van der Waals surface area contributed by atoms with E-state index in [9.17, 15) is 9.90 Å². The van der Waals surface area contributed by atoms with Crippen molar-refractivity contribution in [2.75, 3.05) is 0 Å². The Morgan fingerprint density at radius 1 is 1.38 bits per heavy atom. The van der Waals surface area contributed by atoms with Crippen molar-refractivity contribution in [3.05, 3.63) is 11.6 Å². The molecule has 0 amide bonds. The van der Waals surface area contributed by atoms with Crippen LogP contribution in [0.2, 0.25) is 0 Å². The lowest BCUT2D eigenvalue weighted by atomic mass is 9.52. The van der Waals surface area contributed by atoms with Crippen LogP contribution in [0.25, 0.3) is 0 Å². The predicted molar refractivity (Wildman–Crippen MR) is 64.0 cm³/mol. The average molecular weight is 222 g/mol. The SMILES string of the molecule is CC1(C)CCC[C@@]2(C)C=C(C=O)[C@H](O)C[C@@H]12. The molecular weight excluding hydrogens is 200 g/mol. The van der Waals surface area contributed by atoms with Crippen molar-refractivity contribution < 1.29 is 9.90 Å². The Morgan fingerprint density at radius 2 is 2.06 bits per heavy atom. The number of allylic oxidation sites excluding steroid dienone is 1. The van der Waals surface area contributed by atoms with Crippen molar-refractivity contribution in [2.24, 2.45) is 16.7 Å². The van der Waals surface area contributed by atoms with Crippen LogP contribution in [-0.2, 0) is 4.79 Å². The lowest BCUT2D eigenvalue weighted by Crippen LogP contribution is -2.46. The summed E-state index contributed by atoms with van der Waals surface area (Å²) in [5.74, 6) is 0.493. The van der Waals surface area contributed by atoms with Crippen molar-refractivity contribution in [2.45, 2.75) is 52.6 Å². The summed E-state index contributed by atoms with van der Waals surface area (Å²) in [4.78, 5) is 10.9. The van der Waals surface area contributed by atoms with Crippen LogP contribution in [0.4, 0.5) is 0 Å². The van der Waals surface area contributed by atoms with Crippen LogP contribution in [0.1, 0.15) is 46.5 Å². The topological polar surface area (TPSA) is 37.3 Å². The van der Waals surface area contributed by atoms with Crippen molar-refractivity contribution >= 4 is 6.29 Å². The first kappa shape index (κ1) is 11.8. The van der Waals surface area contributed by atoms with E-state index in [1.807, 2.05) is 6.08 Å². The Balaban J connectivity index is 2.39. The van der Waals surface area contributed by atoms with Gasteiger partial charge in [0.05, 0.1) is 6.10 Å². The van der Waals surface area contributed by atoms with Gasteiger partial charge in [-0.15, -0.1) is 0 Å². The van der Waals surface area contributed by atoms with Crippen LogP contribution in [0.15, 0.2) is 11.6 Å². The Morgan fingerprint density at radius 3 is 2.69 bits per heavy atom. The van der Waals surface area contributed by atoms with Crippen molar-refractivity contribution in [1.82, 2.24) is 0 Å². The maximum atomic E-state index is 10.9.